The van der Waals surface area contributed by atoms with Crippen LogP contribution >= 0.6 is 0 Å². The lowest BCUT2D eigenvalue weighted by atomic mass is 10.2. The molecule has 3 N–H and O–H groups in total. The first-order valence-corrected chi connectivity index (χ1v) is 4.97. The summed E-state index contributed by atoms with van der Waals surface area (Å²) in [5, 5.41) is 3.25. The summed E-state index contributed by atoms with van der Waals surface area (Å²) in [5.74, 6) is -0.123. The third kappa shape index (κ3) is 2.10. The van der Waals surface area contributed by atoms with Crippen molar-refractivity contribution in [3.05, 3.63) is 22.4 Å². The van der Waals surface area contributed by atoms with Crippen LogP contribution < -0.4 is 11.0 Å². The third-order valence-corrected chi connectivity index (χ3v) is 2.48. The monoisotopic (exact) mass is 210 g/mol. The van der Waals surface area contributed by atoms with Gasteiger partial charge in [-0.1, -0.05) is 0 Å². The third-order valence-electron chi connectivity index (χ3n) is 2.48. The van der Waals surface area contributed by atoms with Crippen LogP contribution in [0.15, 0.2) is 11.0 Å². The van der Waals surface area contributed by atoms with Crippen molar-refractivity contribution in [1.82, 2.24) is 20.2 Å². The average Bonchev–Trinajstić information content (AvgIpc) is 2.64. The molecule has 0 bridgehead atoms. The highest BCUT2D eigenvalue weighted by Gasteiger charge is 2.22. The van der Waals surface area contributed by atoms with Crippen molar-refractivity contribution in [2.75, 3.05) is 19.6 Å². The summed E-state index contributed by atoms with van der Waals surface area (Å²) in [4.78, 5) is 29.3. The second-order valence-electron chi connectivity index (χ2n) is 3.76. The van der Waals surface area contributed by atoms with Gasteiger partial charge in [0.2, 0.25) is 0 Å². The van der Waals surface area contributed by atoms with Gasteiger partial charge in [-0.05, 0) is 6.92 Å². The Kier molecular flexibility index (Phi) is 2.59. The van der Waals surface area contributed by atoms with E-state index in [2.05, 4.69) is 15.3 Å². The molecule has 1 aliphatic heterocycles. The van der Waals surface area contributed by atoms with Gasteiger partial charge in [0.15, 0.2) is 0 Å². The molecule has 0 aromatic carbocycles. The van der Waals surface area contributed by atoms with Crippen LogP contribution in [0.4, 0.5) is 0 Å². The fourth-order valence-corrected chi connectivity index (χ4v) is 1.73. The standard InChI is InChI=1S/C9H14N4O2/c1-6-5-13(3-2-10-6)8(14)7-4-11-9(15)12-7/h4,6,10H,2-3,5H2,1H3,(H2,11,12,15). The van der Waals surface area contributed by atoms with E-state index in [1.807, 2.05) is 6.92 Å². The maximum atomic E-state index is 11.9. The summed E-state index contributed by atoms with van der Waals surface area (Å²) in [6.07, 6.45) is 1.41. The average molecular weight is 210 g/mol. The van der Waals surface area contributed by atoms with Crippen LogP contribution in [0.2, 0.25) is 0 Å². The molecule has 15 heavy (non-hydrogen) atoms. The first-order valence-electron chi connectivity index (χ1n) is 4.97. The molecule has 2 rings (SSSR count). The Labute approximate surface area is 86.7 Å². The van der Waals surface area contributed by atoms with E-state index in [1.54, 1.807) is 4.90 Å². The molecule has 0 saturated carbocycles. The largest absolute Gasteiger partial charge is 0.335 e. The molecule has 1 aromatic rings. The Morgan fingerprint density at radius 2 is 2.40 bits per heavy atom. The number of aromatic nitrogens is 2. The van der Waals surface area contributed by atoms with Crippen LogP contribution in [0.5, 0.6) is 0 Å². The minimum atomic E-state index is -0.346. The zero-order valence-corrected chi connectivity index (χ0v) is 8.54. The first-order chi connectivity index (χ1) is 7.16. The van der Waals surface area contributed by atoms with Crippen molar-refractivity contribution in [3.63, 3.8) is 0 Å². The number of aromatic amines is 2. The van der Waals surface area contributed by atoms with Crippen LogP contribution in [0, 0.1) is 0 Å². The first kappa shape index (κ1) is 9.97. The van der Waals surface area contributed by atoms with E-state index in [4.69, 9.17) is 0 Å². The highest BCUT2D eigenvalue weighted by atomic mass is 16.2. The lowest BCUT2D eigenvalue weighted by Crippen LogP contribution is -2.51. The van der Waals surface area contributed by atoms with Gasteiger partial charge in [0, 0.05) is 31.9 Å². The number of H-pyrrole nitrogens is 2. The highest BCUT2D eigenvalue weighted by molar-refractivity contribution is 5.92. The number of carbonyl (C=O) groups excluding carboxylic acids is 1. The molecule has 6 nitrogen and oxygen atoms in total. The predicted molar refractivity (Wildman–Crippen MR) is 54.8 cm³/mol. The van der Waals surface area contributed by atoms with E-state index in [9.17, 15) is 9.59 Å². The number of hydrogen-bond acceptors (Lipinski definition) is 3. The lowest BCUT2D eigenvalue weighted by Gasteiger charge is -2.31. The summed E-state index contributed by atoms with van der Waals surface area (Å²) < 4.78 is 0. The van der Waals surface area contributed by atoms with Crippen molar-refractivity contribution in [2.45, 2.75) is 13.0 Å². The molecular weight excluding hydrogens is 196 g/mol. The molecule has 1 saturated heterocycles. The van der Waals surface area contributed by atoms with E-state index in [0.29, 0.717) is 24.8 Å². The van der Waals surface area contributed by atoms with Crippen LogP contribution in [0.1, 0.15) is 17.4 Å². The summed E-state index contributed by atoms with van der Waals surface area (Å²) in [5.41, 5.74) is -0.0179. The van der Waals surface area contributed by atoms with E-state index in [1.165, 1.54) is 6.20 Å². The van der Waals surface area contributed by atoms with Gasteiger partial charge in [-0.15, -0.1) is 0 Å². The van der Waals surface area contributed by atoms with Crippen LogP contribution in [0.3, 0.4) is 0 Å². The molecule has 1 aliphatic rings. The second kappa shape index (κ2) is 3.90. The van der Waals surface area contributed by atoms with Gasteiger partial charge in [0.25, 0.3) is 5.91 Å². The molecule has 1 atom stereocenters. The second-order valence-corrected chi connectivity index (χ2v) is 3.76. The van der Waals surface area contributed by atoms with E-state index in [-0.39, 0.29) is 11.6 Å². The molecule has 1 aromatic heterocycles. The summed E-state index contributed by atoms with van der Waals surface area (Å²) in [6, 6.07) is 0.299. The Hall–Kier alpha value is -1.56. The minimum absolute atomic E-state index is 0.123. The van der Waals surface area contributed by atoms with Gasteiger partial charge in [0.05, 0.1) is 0 Å². The van der Waals surface area contributed by atoms with Crippen molar-refractivity contribution in [3.8, 4) is 0 Å². The van der Waals surface area contributed by atoms with Crippen molar-refractivity contribution in [1.29, 1.82) is 0 Å². The fourth-order valence-electron chi connectivity index (χ4n) is 1.73. The molecule has 0 spiro atoms. The number of hydrogen-bond donors (Lipinski definition) is 3. The SMILES string of the molecule is CC1CN(C(=O)c2c[nH]c(=O)[nH]2)CCN1. The number of carbonyl (C=O) groups is 1. The van der Waals surface area contributed by atoms with Gasteiger partial charge in [-0.25, -0.2) is 4.79 Å². The maximum Gasteiger partial charge on any atom is 0.323 e. The molecule has 0 radical (unpaired) electrons. The van der Waals surface area contributed by atoms with Crippen molar-refractivity contribution >= 4 is 5.91 Å². The zero-order chi connectivity index (χ0) is 10.8. The number of nitrogens with one attached hydrogen (secondary N) is 3. The van der Waals surface area contributed by atoms with Gasteiger partial charge in [-0.3, -0.25) is 4.79 Å². The molecule has 1 unspecified atom stereocenters. The van der Waals surface area contributed by atoms with Crippen LogP contribution in [0.25, 0.3) is 0 Å². The summed E-state index contributed by atoms with van der Waals surface area (Å²) in [6.45, 7) is 4.17. The topological polar surface area (TPSA) is 81.0 Å². The maximum absolute atomic E-state index is 11.9. The van der Waals surface area contributed by atoms with Gasteiger partial charge in [-0.2, -0.15) is 0 Å². The molecule has 0 aliphatic carbocycles. The highest BCUT2D eigenvalue weighted by Crippen LogP contribution is 2.03. The molecular formula is C9H14N4O2. The van der Waals surface area contributed by atoms with E-state index in [0.717, 1.165) is 6.54 Å². The Balaban J connectivity index is 2.10. The number of imidazole rings is 1. The zero-order valence-electron chi connectivity index (χ0n) is 8.54. The van der Waals surface area contributed by atoms with Gasteiger partial charge >= 0.3 is 5.69 Å². The minimum Gasteiger partial charge on any atom is -0.335 e. The fraction of sp³-hybridized carbons (Fsp3) is 0.556. The predicted octanol–water partition coefficient (Wildman–Crippen LogP) is -0.863. The Morgan fingerprint density at radius 3 is 3.00 bits per heavy atom. The summed E-state index contributed by atoms with van der Waals surface area (Å²) in [7, 11) is 0. The number of nitrogens with zero attached hydrogens (tertiary/aromatic N) is 1. The van der Waals surface area contributed by atoms with Crippen LogP contribution in [-0.4, -0.2) is 46.5 Å². The van der Waals surface area contributed by atoms with Crippen LogP contribution in [-0.2, 0) is 0 Å². The molecule has 1 amide bonds. The van der Waals surface area contributed by atoms with E-state index >= 15 is 0 Å². The van der Waals surface area contributed by atoms with Crippen molar-refractivity contribution in [2.24, 2.45) is 0 Å². The van der Waals surface area contributed by atoms with E-state index < -0.39 is 0 Å². The Morgan fingerprint density at radius 1 is 1.60 bits per heavy atom. The lowest BCUT2D eigenvalue weighted by molar-refractivity contribution is 0.0703. The number of piperazine rings is 1. The van der Waals surface area contributed by atoms with Gasteiger partial charge in [0.1, 0.15) is 5.69 Å². The van der Waals surface area contributed by atoms with Crippen molar-refractivity contribution < 1.29 is 4.79 Å². The molecule has 82 valence electrons. The number of rotatable bonds is 1. The Bertz CT molecular complexity index is 408. The molecule has 1 fully saturated rings. The normalized spacial score (nSPS) is 21.7. The smallest absolute Gasteiger partial charge is 0.323 e. The summed E-state index contributed by atoms with van der Waals surface area (Å²) >= 11 is 0. The molecule has 6 heteroatoms. The van der Waals surface area contributed by atoms with Gasteiger partial charge < -0.3 is 20.2 Å². The number of amides is 1. The molecule has 2 heterocycles. The quantitative estimate of drug-likeness (QED) is 0.564.